The zero-order valence-electron chi connectivity index (χ0n) is 22.9. The van der Waals surface area contributed by atoms with Crippen LogP contribution in [-0.2, 0) is 12.2 Å². The molecule has 0 aliphatic carbocycles. The van der Waals surface area contributed by atoms with Gasteiger partial charge in [0.05, 0.1) is 27.1 Å². The third-order valence-corrected chi connectivity index (χ3v) is 7.15. The number of hydrogen-bond donors (Lipinski definition) is 1. The monoisotopic (exact) mass is 571 g/mol. The topological polar surface area (TPSA) is 114 Å². The van der Waals surface area contributed by atoms with E-state index in [0.29, 0.717) is 47.1 Å². The van der Waals surface area contributed by atoms with Crippen LogP contribution in [0.15, 0.2) is 88.6 Å². The van der Waals surface area contributed by atoms with Crippen molar-refractivity contribution in [3.05, 3.63) is 96.2 Å². The molecule has 41 heavy (non-hydrogen) atoms. The minimum atomic E-state index is -0.307. The fraction of sp³-hybridized carbons (Fsp3) is 0.200. The van der Waals surface area contributed by atoms with Crippen molar-refractivity contribution in [2.45, 2.75) is 17.3 Å². The Morgan fingerprint density at radius 2 is 1.76 bits per heavy atom. The van der Waals surface area contributed by atoms with Crippen LogP contribution >= 0.6 is 11.8 Å². The first-order valence-corrected chi connectivity index (χ1v) is 13.8. The number of carbonyl (C=O) groups excluding carboxylic acids is 1. The van der Waals surface area contributed by atoms with E-state index in [2.05, 4.69) is 20.5 Å². The number of benzene rings is 3. The van der Waals surface area contributed by atoms with Gasteiger partial charge in [0.2, 0.25) is 5.89 Å². The highest BCUT2D eigenvalue weighted by molar-refractivity contribution is 7.98. The number of ether oxygens (including phenoxy) is 3. The molecule has 0 saturated heterocycles. The molecule has 11 heteroatoms. The van der Waals surface area contributed by atoms with Gasteiger partial charge >= 0.3 is 0 Å². The number of para-hydroxylation sites is 1. The molecule has 10 nitrogen and oxygen atoms in total. The summed E-state index contributed by atoms with van der Waals surface area (Å²) < 4.78 is 23.6. The van der Waals surface area contributed by atoms with Crippen molar-refractivity contribution in [2.75, 3.05) is 27.9 Å². The second-order valence-corrected chi connectivity index (χ2v) is 9.76. The normalized spacial score (nSPS) is 10.8. The summed E-state index contributed by atoms with van der Waals surface area (Å²) in [4.78, 5) is 17.1. The molecule has 0 aliphatic rings. The van der Waals surface area contributed by atoms with Crippen molar-refractivity contribution in [1.29, 1.82) is 0 Å². The first-order chi connectivity index (χ1) is 20.1. The van der Waals surface area contributed by atoms with Crippen LogP contribution in [0.25, 0.3) is 17.1 Å². The van der Waals surface area contributed by atoms with E-state index < -0.39 is 0 Å². The van der Waals surface area contributed by atoms with Crippen LogP contribution in [0.4, 0.5) is 0 Å². The molecule has 0 aliphatic heterocycles. The second-order valence-electron chi connectivity index (χ2n) is 8.82. The predicted molar refractivity (Wildman–Crippen MR) is 155 cm³/mol. The molecule has 0 saturated carbocycles. The van der Waals surface area contributed by atoms with Crippen molar-refractivity contribution in [3.63, 3.8) is 0 Å². The van der Waals surface area contributed by atoms with E-state index in [-0.39, 0.29) is 11.6 Å². The van der Waals surface area contributed by atoms with Crippen molar-refractivity contribution in [1.82, 2.24) is 25.1 Å². The number of carbonyl (C=O) groups is 1. The number of amides is 1. The molecule has 210 valence electrons. The van der Waals surface area contributed by atoms with Gasteiger partial charge in [-0.05, 0) is 48.4 Å². The summed E-state index contributed by atoms with van der Waals surface area (Å²) >= 11 is 1.42. The van der Waals surface area contributed by atoms with Crippen LogP contribution in [0.1, 0.15) is 21.9 Å². The van der Waals surface area contributed by atoms with Crippen molar-refractivity contribution < 1.29 is 23.4 Å². The quantitative estimate of drug-likeness (QED) is 0.202. The second kappa shape index (κ2) is 13.1. The lowest BCUT2D eigenvalue weighted by molar-refractivity contribution is 0.0949. The van der Waals surface area contributed by atoms with Gasteiger partial charge in [-0.1, -0.05) is 48.2 Å². The third-order valence-electron chi connectivity index (χ3n) is 6.23. The molecule has 5 aromatic rings. The number of nitrogens with zero attached hydrogens (tertiary/aromatic N) is 4. The highest BCUT2D eigenvalue weighted by atomic mass is 32.2. The van der Waals surface area contributed by atoms with Crippen LogP contribution in [0.5, 0.6) is 17.2 Å². The summed E-state index contributed by atoms with van der Waals surface area (Å²) in [6.45, 7) is 0.429. The molecule has 1 N–H and O–H groups in total. The number of thioether (sulfide) groups is 1. The van der Waals surface area contributed by atoms with Crippen molar-refractivity contribution in [3.8, 4) is 34.3 Å². The number of methoxy groups -OCH3 is 3. The molecule has 5 rings (SSSR count). The minimum absolute atomic E-state index is 0.217. The molecule has 0 atom stereocenters. The van der Waals surface area contributed by atoms with E-state index in [1.807, 2.05) is 77.4 Å². The van der Waals surface area contributed by atoms with E-state index in [4.69, 9.17) is 18.6 Å². The smallest absolute Gasteiger partial charge is 0.273 e. The van der Waals surface area contributed by atoms with Crippen LogP contribution < -0.4 is 19.5 Å². The SMILES string of the molecule is COc1cccc(-c2nnc(SCc3nc(C(=O)NCCc4ccc(OC)c(OC)c4)co3)n2-c2ccccc2)c1. The highest BCUT2D eigenvalue weighted by Gasteiger charge is 2.19. The fourth-order valence-corrected chi connectivity index (χ4v) is 4.98. The standard InChI is InChI=1S/C30H29N5O5S/c1-37-23-11-7-8-21(17-23)28-33-34-30(35(28)22-9-5-4-6-10-22)41-19-27-32-24(18-40-27)29(36)31-15-14-20-12-13-25(38-2)26(16-20)39-3/h4-13,16-18H,14-15,19H2,1-3H3,(H,31,36). The minimum Gasteiger partial charge on any atom is -0.497 e. The van der Waals surface area contributed by atoms with E-state index in [9.17, 15) is 4.79 Å². The van der Waals surface area contributed by atoms with E-state index >= 15 is 0 Å². The summed E-state index contributed by atoms with van der Waals surface area (Å²) in [5, 5.41) is 12.5. The Labute approximate surface area is 241 Å². The lowest BCUT2D eigenvalue weighted by Crippen LogP contribution is -2.26. The summed E-state index contributed by atoms with van der Waals surface area (Å²) in [5.74, 6) is 3.18. The van der Waals surface area contributed by atoms with Gasteiger partial charge in [0, 0.05) is 17.8 Å². The predicted octanol–water partition coefficient (Wildman–Crippen LogP) is 5.21. The van der Waals surface area contributed by atoms with Gasteiger partial charge in [-0.15, -0.1) is 10.2 Å². The van der Waals surface area contributed by atoms with E-state index in [1.54, 1.807) is 21.3 Å². The molecule has 1 amide bonds. The number of nitrogens with one attached hydrogen (secondary N) is 1. The maximum Gasteiger partial charge on any atom is 0.273 e. The Bertz CT molecular complexity index is 1620. The first-order valence-electron chi connectivity index (χ1n) is 12.8. The number of rotatable bonds is 12. The average Bonchev–Trinajstić information content (AvgIpc) is 3.68. The molecule has 0 spiro atoms. The summed E-state index contributed by atoms with van der Waals surface area (Å²) in [7, 11) is 4.82. The van der Waals surface area contributed by atoms with Gasteiger partial charge in [-0.25, -0.2) is 4.98 Å². The first kappa shape index (κ1) is 27.8. The van der Waals surface area contributed by atoms with E-state index in [0.717, 1.165) is 22.6 Å². The molecule has 2 heterocycles. The molecule has 3 aromatic carbocycles. The molecule has 0 unspecified atom stereocenters. The van der Waals surface area contributed by atoms with Gasteiger partial charge in [0.1, 0.15) is 12.0 Å². The molecule has 0 fully saturated rings. The number of oxazole rings is 1. The third kappa shape index (κ3) is 6.52. The van der Waals surface area contributed by atoms with Gasteiger partial charge in [-0.3, -0.25) is 9.36 Å². The Hall–Kier alpha value is -4.77. The number of aromatic nitrogens is 4. The summed E-state index contributed by atoms with van der Waals surface area (Å²) in [6, 6.07) is 23.2. The zero-order chi connectivity index (χ0) is 28.6. The summed E-state index contributed by atoms with van der Waals surface area (Å²) in [5.41, 5.74) is 3.01. The summed E-state index contributed by atoms with van der Waals surface area (Å²) in [6.07, 6.45) is 1.99. The van der Waals surface area contributed by atoms with Gasteiger partial charge < -0.3 is 23.9 Å². The van der Waals surface area contributed by atoms with Crippen LogP contribution in [0.2, 0.25) is 0 Å². The van der Waals surface area contributed by atoms with E-state index in [1.165, 1.54) is 18.0 Å². The molecule has 0 bridgehead atoms. The Kier molecular flexibility index (Phi) is 8.85. The highest BCUT2D eigenvalue weighted by Crippen LogP contribution is 2.31. The van der Waals surface area contributed by atoms with Crippen LogP contribution in [-0.4, -0.2) is 53.5 Å². The van der Waals surface area contributed by atoms with Crippen LogP contribution in [0, 0.1) is 0 Å². The molecular formula is C30H29N5O5S. The maximum atomic E-state index is 12.7. The van der Waals surface area contributed by atoms with Gasteiger partial charge in [-0.2, -0.15) is 0 Å². The molecule has 2 aromatic heterocycles. The number of hydrogen-bond acceptors (Lipinski definition) is 9. The fourth-order valence-electron chi connectivity index (χ4n) is 4.18. The lowest BCUT2D eigenvalue weighted by Gasteiger charge is -2.10. The maximum absolute atomic E-state index is 12.7. The zero-order valence-corrected chi connectivity index (χ0v) is 23.7. The molecular weight excluding hydrogens is 542 g/mol. The Morgan fingerprint density at radius 1 is 0.927 bits per heavy atom. The lowest BCUT2D eigenvalue weighted by atomic mass is 10.1. The van der Waals surface area contributed by atoms with Gasteiger partial charge in [0.25, 0.3) is 5.91 Å². The Balaban J connectivity index is 1.24. The van der Waals surface area contributed by atoms with Crippen LogP contribution in [0.3, 0.4) is 0 Å². The largest absolute Gasteiger partial charge is 0.497 e. The van der Waals surface area contributed by atoms with Gasteiger partial charge in [0.15, 0.2) is 28.2 Å². The van der Waals surface area contributed by atoms with Crippen molar-refractivity contribution in [2.24, 2.45) is 0 Å². The van der Waals surface area contributed by atoms with Crippen molar-refractivity contribution >= 4 is 17.7 Å². The Morgan fingerprint density at radius 3 is 2.54 bits per heavy atom. The average molecular weight is 572 g/mol. The molecule has 0 radical (unpaired) electrons.